The first kappa shape index (κ1) is 14.4. The zero-order valence-corrected chi connectivity index (χ0v) is 13.0. The molecule has 0 unspecified atom stereocenters. The summed E-state index contributed by atoms with van der Waals surface area (Å²) in [4.78, 5) is 0. The van der Waals surface area contributed by atoms with Crippen molar-refractivity contribution in [3.63, 3.8) is 0 Å². The second-order valence-electron chi connectivity index (χ2n) is 5.59. The SMILES string of the molecule is CC(C)NCc1cn(Cc2cc(Cl)cc3c2OCC3)nn1. The number of ether oxygens (including phenoxy) is 1. The summed E-state index contributed by atoms with van der Waals surface area (Å²) in [5, 5.41) is 12.4. The molecule has 112 valence electrons. The lowest BCUT2D eigenvalue weighted by atomic mass is 10.1. The Morgan fingerprint density at radius 3 is 3.10 bits per heavy atom. The molecule has 0 amide bonds. The van der Waals surface area contributed by atoms with Crippen LogP contribution in [0, 0.1) is 0 Å². The molecule has 0 atom stereocenters. The predicted octanol–water partition coefficient (Wildman–Crippen LogP) is 2.41. The van der Waals surface area contributed by atoms with Crippen LogP contribution >= 0.6 is 11.6 Å². The maximum Gasteiger partial charge on any atom is 0.127 e. The molecule has 0 bridgehead atoms. The molecule has 0 radical (unpaired) electrons. The number of nitrogens with zero attached hydrogens (tertiary/aromatic N) is 3. The van der Waals surface area contributed by atoms with E-state index in [0.29, 0.717) is 12.6 Å². The Bertz CT molecular complexity index is 639. The van der Waals surface area contributed by atoms with Gasteiger partial charge in [0.1, 0.15) is 5.75 Å². The fourth-order valence-corrected chi connectivity index (χ4v) is 2.71. The summed E-state index contributed by atoms with van der Waals surface area (Å²) >= 11 is 6.17. The molecular weight excluding hydrogens is 288 g/mol. The molecular formula is C15H19ClN4O. The Morgan fingerprint density at radius 2 is 2.29 bits per heavy atom. The Morgan fingerprint density at radius 1 is 1.43 bits per heavy atom. The molecule has 0 saturated carbocycles. The van der Waals surface area contributed by atoms with Crippen LogP contribution in [-0.4, -0.2) is 27.6 Å². The average Bonchev–Trinajstić information content (AvgIpc) is 3.05. The van der Waals surface area contributed by atoms with E-state index in [1.807, 2.05) is 23.0 Å². The number of benzene rings is 1. The lowest BCUT2D eigenvalue weighted by Gasteiger charge is -2.08. The van der Waals surface area contributed by atoms with Gasteiger partial charge in [-0.15, -0.1) is 5.10 Å². The van der Waals surface area contributed by atoms with Crippen LogP contribution in [0.4, 0.5) is 0 Å². The molecule has 0 fully saturated rings. The van der Waals surface area contributed by atoms with E-state index < -0.39 is 0 Å². The van der Waals surface area contributed by atoms with E-state index in [-0.39, 0.29) is 0 Å². The minimum absolute atomic E-state index is 0.430. The van der Waals surface area contributed by atoms with Gasteiger partial charge in [-0.1, -0.05) is 30.7 Å². The van der Waals surface area contributed by atoms with Crippen molar-refractivity contribution in [3.05, 3.63) is 40.2 Å². The van der Waals surface area contributed by atoms with E-state index >= 15 is 0 Å². The molecule has 0 saturated heterocycles. The van der Waals surface area contributed by atoms with Gasteiger partial charge in [0.05, 0.1) is 25.0 Å². The van der Waals surface area contributed by atoms with Crippen molar-refractivity contribution < 1.29 is 4.74 Å². The van der Waals surface area contributed by atoms with Crippen LogP contribution in [0.5, 0.6) is 5.75 Å². The smallest absolute Gasteiger partial charge is 0.127 e. The van der Waals surface area contributed by atoms with E-state index in [9.17, 15) is 0 Å². The van der Waals surface area contributed by atoms with Gasteiger partial charge in [-0.3, -0.25) is 0 Å². The summed E-state index contributed by atoms with van der Waals surface area (Å²) in [6.45, 7) is 6.29. The minimum Gasteiger partial charge on any atom is -0.493 e. The Kier molecular flexibility index (Phi) is 4.12. The van der Waals surface area contributed by atoms with Gasteiger partial charge in [0.25, 0.3) is 0 Å². The van der Waals surface area contributed by atoms with Crippen molar-refractivity contribution >= 4 is 11.6 Å². The molecule has 3 rings (SSSR count). The fraction of sp³-hybridized carbons (Fsp3) is 0.467. The van der Waals surface area contributed by atoms with E-state index in [2.05, 4.69) is 29.5 Å². The summed E-state index contributed by atoms with van der Waals surface area (Å²) in [6.07, 6.45) is 2.88. The van der Waals surface area contributed by atoms with Gasteiger partial charge in [-0.2, -0.15) is 0 Å². The van der Waals surface area contributed by atoms with Gasteiger partial charge < -0.3 is 10.1 Å². The van der Waals surface area contributed by atoms with Crippen LogP contribution in [0.3, 0.4) is 0 Å². The van der Waals surface area contributed by atoms with Gasteiger partial charge >= 0.3 is 0 Å². The highest BCUT2D eigenvalue weighted by Gasteiger charge is 2.18. The van der Waals surface area contributed by atoms with Crippen molar-refractivity contribution in [2.24, 2.45) is 0 Å². The van der Waals surface area contributed by atoms with Crippen molar-refractivity contribution in [1.82, 2.24) is 20.3 Å². The Hall–Kier alpha value is -1.59. The van der Waals surface area contributed by atoms with Crippen molar-refractivity contribution in [1.29, 1.82) is 0 Å². The third kappa shape index (κ3) is 3.36. The lowest BCUT2D eigenvalue weighted by molar-refractivity contribution is 0.352. The predicted molar refractivity (Wildman–Crippen MR) is 81.8 cm³/mol. The summed E-state index contributed by atoms with van der Waals surface area (Å²) in [6, 6.07) is 4.35. The van der Waals surface area contributed by atoms with Gasteiger partial charge in [-0.25, -0.2) is 4.68 Å². The molecule has 5 nitrogen and oxygen atoms in total. The molecule has 1 aliphatic rings. The molecule has 0 aliphatic carbocycles. The monoisotopic (exact) mass is 306 g/mol. The second-order valence-corrected chi connectivity index (χ2v) is 6.03. The number of halogens is 1. The molecule has 2 heterocycles. The first-order valence-corrected chi connectivity index (χ1v) is 7.56. The highest BCUT2D eigenvalue weighted by atomic mass is 35.5. The van der Waals surface area contributed by atoms with Crippen LogP contribution in [0.15, 0.2) is 18.3 Å². The van der Waals surface area contributed by atoms with Crippen molar-refractivity contribution in [2.75, 3.05) is 6.61 Å². The fourth-order valence-electron chi connectivity index (χ4n) is 2.44. The number of hydrogen-bond donors (Lipinski definition) is 1. The first-order chi connectivity index (χ1) is 10.1. The standard InChI is InChI=1S/C15H19ClN4O/c1-10(2)17-7-14-9-20(19-18-14)8-12-6-13(16)5-11-3-4-21-15(11)12/h5-6,9-10,17H,3-4,7-8H2,1-2H3. The highest BCUT2D eigenvalue weighted by Crippen LogP contribution is 2.33. The third-order valence-corrected chi connectivity index (χ3v) is 3.65. The van der Waals surface area contributed by atoms with Crippen LogP contribution in [-0.2, 0) is 19.5 Å². The summed E-state index contributed by atoms with van der Waals surface area (Å²) < 4.78 is 7.53. The molecule has 1 aromatic heterocycles. The normalized spacial score (nSPS) is 13.5. The summed E-state index contributed by atoms with van der Waals surface area (Å²) in [5.41, 5.74) is 3.17. The van der Waals surface area contributed by atoms with Crippen LogP contribution in [0.1, 0.15) is 30.7 Å². The highest BCUT2D eigenvalue weighted by molar-refractivity contribution is 6.30. The first-order valence-electron chi connectivity index (χ1n) is 7.18. The number of fused-ring (bicyclic) bond motifs is 1. The molecule has 21 heavy (non-hydrogen) atoms. The average molecular weight is 307 g/mol. The van der Waals surface area contributed by atoms with Gasteiger partial charge in [0.15, 0.2) is 0 Å². The molecule has 1 N–H and O–H groups in total. The maximum atomic E-state index is 6.17. The van der Waals surface area contributed by atoms with Crippen LogP contribution < -0.4 is 10.1 Å². The largest absolute Gasteiger partial charge is 0.493 e. The van der Waals surface area contributed by atoms with E-state index in [4.69, 9.17) is 16.3 Å². The zero-order valence-electron chi connectivity index (χ0n) is 12.3. The van der Waals surface area contributed by atoms with Crippen LogP contribution in [0.25, 0.3) is 0 Å². The summed E-state index contributed by atoms with van der Waals surface area (Å²) in [5.74, 6) is 0.955. The molecule has 2 aromatic rings. The van der Waals surface area contributed by atoms with Gasteiger partial charge in [0.2, 0.25) is 0 Å². The quantitative estimate of drug-likeness (QED) is 0.921. The number of rotatable bonds is 5. The topological polar surface area (TPSA) is 52.0 Å². The van der Waals surface area contributed by atoms with Crippen LogP contribution in [0.2, 0.25) is 5.02 Å². The Balaban J connectivity index is 1.75. The third-order valence-electron chi connectivity index (χ3n) is 3.44. The summed E-state index contributed by atoms with van der Waals surface area (Å²) in [7, 11) is 0. The minimum atomic E-state index is 0.430. The van der Waals surface area contributed by atoms with E-state index in [1.165, 1.54) is 5.56 Å². The molecule has 6 heteroatoms. The second kappa shape index (κ2) is 6.03. The zero-order chi connectivity index (χ0) is 14.8. The number of aromatic nitrogens is 3. The number of nitrogens with one attached hydrogen (secondary N) is 1. The molecule has 1 aliphatic heterocycles. The van der Waals surface area contributed by atoms with E-state index in [0.717, 1.165) is 41.6 Å². The maximum absolute atomic E-state index is 6.17. The van der Waals surface area contributed by atoms with Crippen molar-refractivity contribution in [2.45, 2.75) is 39.4 Å². The van der Waals surface area contributed by atoms with Gasteiger partial charge in [-0.05, 0) is 17.7 Å². The van der Waals surface area contributed by atoms with Gasteiger partial charge in [0, 0.05) is 29.6 Å². The van der Waals surface area contributed by atoms with E-state index in [1.54, 1.807) is 0 Å². The lowest BCUT2D eigenvalue weighted by Crippen LogP contribution is -2.21. The number of hydrogen-bond acceptors (Lipinski definition) is 4. The van der Waals surface area contributed by atoms with Crippen molar-refractivity contribution in [3.8, 4) is 5.75 Å². The Labute approximate surface area is 129 Å². The molecule has 1 aromatic carbocycles. The molecule has 0 spiro atoms.